The van der Waals surface area contributed by atoms with E-state index in [0.717, 1.165) is 11.5 Å². The highest BCUT2D eigenvalue weighted by molar-refractivity contribution is 7.99. The third-order valence-electron chi connectivity index (χ3n) is 1.59. The predicted molar refractivity (Wildman–Crippen MR) is 58.7 cm³/mol. The predicted octanol–water partition coefficient (Wildman–Crippen LogP) is 0.331. The molecule has 0 aliphatic heterocycles. The standard InChI is InChI=1S/C9H17NO3S/c1-3-5-14-6-4-10-7-9(2,13)8(11)12/h3,10,13H,1,4-7H2,2H3,(H,11,12). The van der Waals surface area contributed by atoms with Crippen LogP contribution >= 0.6 is 11.8 Å². The Labute approximate surface area is 88.4 Å². The van der Waals surface area contributed by atoms with E-state index in [4.69, 9.17) is 5.11 Å². The minimum Gasteiger partial charge on any atom is -0.479 e. The number of carboxylic acids is 1. The molecule has 0 saturated carbocycles. The van der Waals surface area contributed by atoms with Gasteiger partial charge in [0.2, 0.25) is 0 Å². The summed E-state index contributed by atoms with van der Waals surface area (Å²) >= 11 is 1.70. The van der Waals surface area contributed by atoms with Gasteiger partial charge in [0.25, 0.3) is 0 Å². The average Bonchev–Trinajstić information content (AvgIpc) is 2.10. The van der Waals surface area contributed by atoms with Crippen molar-refractivity contribution in [1.29, 1.82) is 0 Å². The van der Waals surface area contributed by atoms with Crippen LogP contribution < -0.4 is 5.32 Å². The van der Waals surface area contributed by atoms with E-state index in [1.54, 1.807) is 11.8 Å². The second kappa shape index (κ2) is 6.86. The van der Waals surface area contributed by atoms with Gasteiger partial charge < -0.3 is 15.5 Å². The maximum atomic E-state index is 10.5. The van der Waals surface area contributed by atoms with E-state index >= 15 is 0 Å². The number of hydrogen-bond donors (Lipinski definition) is 3. The zero-order valence-electron chi connectivity index (χ0n) is 8.32. The van der Waals surface area contributed by atoms with Crippen molar-refractivity contribution in [3.63, 3.8) is 0 Å². The lowest BCUT2D eigenvalue weighted by Gasteiger charge is -2.18. The maximum absolute atomic E-state index is 10.5. The Bertz CT molecular complexity index is 194. The molecule has 5 heteroatoms. The summed E-state index contributed by atoms with van der Waals surface area (Å²) in [6.07, 6.45) is 1.82. The van der Waals surface area contributed by atoms with E-state index in [0.29, 0.717) is 6.54 Å². The molecule has 4 nitrogen and oxygen atoms in total. The first-order valence-electron chi connectivity index (χ1n) is 4.36. The molecule has 0 rings (SSSR count). The third kappa shape index (κ3) is 6.01. The van der Waals surface area contributed by atoms with E-state index in [1.165, 1.54) is 6.92 Å². The number of hydrogen-bond acceptors (Lipinski definition) is 4. The van der Waals surface area contributed by atoms with Crippen LogP contribution in [0.1, 0.15) is 6.92 Å². The van der Waals surface area contributed by atoms with Crippen molar-refractivity contribution in [2.45, 2.75) is 12.5 Å². The van der Waals surface area contributed by atoms with Crippen LogP contribution in [0.2, 0.25) is 0 Å². The lowest BCUT2D eigenvalue weighted by Crippen LogP contribution is -2.45. The van der Waals surface area contributed by atoms with Crippen molar-refractivity contribution in [2.75, 3.05) is 24.6 Å². The fourth-order valence-corrected chi connectivity index (χ4v) is 1.34. The molecular weight excluding hydrogens is 202 g/mol. The van der Waals surface area contributed by atoms with E-state index in [9.17, 15) is 9.90 Å². The van der Waals surface area contributed by atoms with Crippen molar-refractivity contribution >= 4 is 17.7 Å². The van der Waals surface area contributed by atoms with Gasteiger partial charge in [-0.1, -0.05) is 6.08 Å². The van der Waals surface area contributed by atoms with Gasteiger partial charge in [-0.3, -0.25) is 0 Å². The smallest absolute Gasteiger partial charge is 0.336 e. The highest BCUT2D eigenvalue weighted by Crippen LogP contribution is 2.01. The molecule has 0 heterocycles. The summed E-state index contributed by atoms with van der Waals surface area (Å²) in [5.74, 6) is 0.558. The zero-order chi connectivity index (χ0) is 11.0. The minimum absolute atomic E-state index is 0.0665. The van der Waals surface area contributed by atoms with Crippen molar-refractivity contribution < 1.29 is 15.0 Å². The van der Waals surface area contributed by atoms with Gasteiger partial charge in [-0.2, -0.15) is 11.8 Å². The Morgan fingerprint density at radius 1 is 1.71 bits per heavy atom. The molecule has 0 aromatic carbocycles. The van der Waals surface area contributed by atoms with Crippen molar-refractivity contribution in [3.8, 4) is 0 Å². The summed E-state index contributed by atoms with van der Waals surface area (Å²) in [5.41, 5.74) is -1.68. The van der Waals surface area contributed by atoms with Gasteiger partial charge >= 0.3 is 5.97 Å². The molecule has 0 aliphatic carbocycles. The van der Waals surface area contributed by atoms with Gasteiger partial charge in [0, 0.05) is 24.6 Å². The Morgan fingerprint density at radius 3 is 2.86 bits per heavy atom. The SMILES string of the molecule is C=CCSCCNCC(C)(O)C(=O)O. The highest BCUT2D eigenvalue weighted by atomic mass is 32.2. The Balaban J connectivity index is 3.44. The summed E-state index contributed by atoms with van der Waals surface area (Å²) in [7, 11) is 0. The maximum Gasteiger partial charge on any atom is 0.336 e. The molecular formula is C9H17NO3S. The van der Waals surface area contributed by atoms with Crippen LogP contribution in [-0.2, 0) is 4.79 Å². The fourth-order valence-electron chi connectivity index (χ4n) is 0.718. The lowest BCUT2D eigenvalue weighted by molar-refractivity contribution is -0.156. The summed E-state index contributed by atoms with van der Waals surface area (Å²) in [6.45, 7) is 5.61. The van der Waals surface area contributed by atoms with Gasteiger partial charge in [-0.25, -0.2) is 4.79 Å². The highest BCUT2D eigenvalue weighted by Gasteiger charge is 2.28. The number of thioether (sulfide) groups is 1. The van der Waals surface area contributed by atoms with Gasteiger partial charge in [-0.05, 0) is 6.92 Å². The Hall–Kier alpha value is -0.520. The fraction of sp³-hybridized carbons (Fsp3) is 0.667. The van der Waals surface area contributed by atoms with E-state index in [2.05, 4.69) is 11.9 Å². The van der Waals surface area contributed by atoms with Crippen LogP contribution in [0.3, 0.4) is 0 Å². The molecule has 0 spiro atoms. The molecule has 0 aliphatic rings. The summed E-state index contributed by atoms with van der Waals surface area (Å²) in [6, 6.07) is 0. The largest absolute Gasteiger partial charge is 0.479 e. The van der Waals surface area contributed by atoms with Gasteiger partial charge in [-0.15, -0.1) is 6.58 Å². The molecule has 3 N–H and O–H groups in total. The summed E-state index contributed by atoms with van der Waals surface area (Å²) < 4.78 is 0. The molecule has 82 valence electrons. The summed E-state index contributed by atoms with van der Waals surface area (Å²) in [4.78, 5) is 10.5. The van der Waals surface area contributed by atoms with Crippen LogP contribution in [0.5, 0.6) is 0 Å². The Kier molecular flexibility index (Phi) is 6.61. The molecule has 0 amide bonds. The van der Waals surface area contributed by atoms with Crippen LogP contribution in [0.25, 0.3) is 0 Å². The van der Waals surface area contributed by atoms with Gasteiger partial charge in [0.15, 0.2) is 5.60 Å². The minimum atomic E-state index is -1.68. The van der Waals surface area contributed by atoms with Crippen molar-refractivity contribution in [1.82, 2.24) is 5.32 Å². The van der Waals surface area contributed by atoms with Crippen LogP contribution in [0, 0.1) is 0 Å². The molecule has 0 fully saturated rings. The number of carboxylic acid groups (broad SMARTS) is 1. The topological polar surface area (TPSA) is 69.6 Å². The number of carbonyl (C=O) groups is 1. The second-order valence-electron chi connectivity index (χ2n) is 3.12. The molecule has 0 saturated heterocycles. The van der Waals surface area contributed by atoms with Crippen LogP contribution in [0.4, 0.5) is 0 Å². The second-order valence-corrected chi connectivity index (χ2v) is 4.27. The number of aliphatic hydroxyl groups is 1. The summed E-state index contributed by atoms with van der Waals surface area (Å²) in [5, 5.41) is 20.8. The van der Waals surface area contributed by atoms with Gasteiger partial charge in [0.1, 0.15) is 0 Å². The molecule has 1 atom stereocenters. The normalized spacial score (nSPS) is 14.7. The Morgan fingerprint density at radius 2 is 2.36 bits per heavy atom. The monoisotopic (exact) mass is 219 g/mol. The molecule has 0 aromatic heterocycles. The van der Waals surface area contributed by atoms with Crippen molar-refractivity contribution in [3.05, 3.63) is 12.7 Å². The molecule has 14 heavy (non-hydrogen) atoms. The number of rotatable bonds is 8. The van der Waals surface area contributed by atoms with Crippen LogP contribution in [0.15, 0.2) is 12.7 Å². The first kappa shape index (κ1) is 13.5. The molecule has 1 unspecified atom stereocenters. The van der Waals surface area contributed by atoms with Gasteiger partial charge in [0.05, 0.1) is 0 Å². The zero-order valence-corrected chi connectivity index (χ0v) is 9.14. The third-order valence-corrected chi connectivity index (χ3v) is 2.55. The number of aliphatic carboxylic acids is 1. The molecule has 0 radical (unpaired) electrons. The quantitative estimate of drug-likeness (QED) is 0.405. The average molecular weight is 219 g/mol. The van der Waals surface area contributed by atoms with E-state index in [1.807, 2.05) is 6.08 Å². The molecule has 0 bridgehead atoms. The van der Waals surface area contributed by atoms with E-state index in [-0.39, 0.29) is 6.54 Å². The van der Waals surface area contributed by atoms with E-state index < -0.39 is 11.6 Å². The number of nitrogens with one attached hydrogen (secondary N) is 1. The lowest BCUT2D eigenvalue weighted by atomic mass is 10.1. The first-order valence-corrected chi connectivity index (χ1v) is 5.51. The van der Waals surface area contributed by atoms with Crippen molar-refractivity contribution in [2.24, 2.45) is 0 Å². The first-order chi connectivity index (χ1) is 6.50. The van der Waals surface area contributed by atoms with Crippen LogP contribution in [-0.4, -0.2) is 46.4 Å². The molecule has 0 aromatic rings.